The topological polar surface area (TPSA) is 41.6 Å². The Morgan fingerprint density at radius 2 is 1.89 bits per heavy atom. The van der Waals surface area contributed by atoms with E-state index >= 15 is 0 Å². The highest BCUT2D eigenvalue weighted by Crippen LogP contribution is 2.33. The van der Waals surface area contributed by atoms with Crippen molar-refractivity contribution in [2.45, 2.75) is 32.2 Å². The molecule has 1 aliphatic heterocycles. The Kier molecular flexibility index (Phi) is 8.42. The van der Waals surface area contributed by atoms with Crippen molar-refractivity contribution < 1.29 is 13.9 Å². The van der Waals surface area contributed by atoms with Gasteiger partial charge in [0.15, 0.2) is 0 Å². The van der Waals surface area contributed by atoms with Gasteiger partial charge in [-0.15, -0.1) is 0 Å². The van der Waals surface area contributed by atoms with Crippen LogP contribution in [0.4, 0.5) is 4.39 Å². The second kappa shape index (κ2) is 11.7. The maximum atomic E-state index is 13.9. The molecule has 1 aliphatic rings. The highest BCUT2D eigenvalue weighted by Gasteiger charge is 2.32. The van der Waals surface area contributed by atoms with Crippen LogP contribution < -0.4 is 10.1 Å². The molecule has 184 valence electrons. The number of nitrogens with zero attached hydrogens (tertiary/aromatic N) is 1. The van der Waals surface area contributed by atoms with Gasteiger partial charge < -0.3 is 10.1 Å². The van der Waals surface area contributed by atoms with E-state index in [1.165, 1.54) is 6.07 Å². The standard InChI is InChI=1S/C29H32ClFN2O2/c1-20-15-22(9-12-28(20)31)24-16-25(19-33(18-24)17-23-5-3-4-6-27(23)30)29(34)32-14-13-21-7-10-26(35-2)11-8-21/h3-12,15,24-25H,13-14,16-19H2,1-2H3,(H,32,34)/t24-,25+/m1/s1. The molecule has 1 saturated heterocycles. The number of carbonyl (C=O) groups excluding carboxylic acids is 1. The lowest BCUT2D eigenvalue weighted by Crippen LogP contribution is -2.45. The molecular weight excluding hydrogens is 463 g/mol. The van der Waals surface area contributed by atoms with Crippen LogP contribution >= 0.6 is 11.6 Å². The number of halogens is 2. The van der Waals surface area contributed by atoms with Gasteiger partial charge >= 0.3 is 0 Å². The molecule has 0 bridgehead atoms. The van der Waals surface area contributed by atoms with Crippen molar-refractivity contribution in [1.29, 1.82) is 0 Å². The van der Waals surface area contributed by atoms with Gasteiger partial charge in [0.2, 0.25) is 5.91 Å². The van der Waals surface area contributed by atoms with Crippen molar-refractivity contribution >= 4 is 17.5 Å². The fraction of sp³-hybridized carbons (Fsp3) is 0.345. The SMILES string of the molecule is COc1ccc(CCNC(=O)[C@H]2C[C@@H](c3ccc(F)c(C)c3)CN(Cc3ccccc3Cl)C2)cc1. The van der Waals surface area contributed by atoms with E-state index in [1.807, 2.05) is 60.7 Å². The van der Waals surface area contributed by atoms with E-state index < -0.39 is 0 Å². The van der Waals surface area contributed by atoms with E-state index in [-0.39, 0.29) is 23.6 Å². The molecule has 3 aromatic rings. The lowest BCUT2D eigenvalue weighted by Gasteiger charge is -2.37. The molecule has 1 amide bonds. The molecule has 0 spiro atoms. The molecule has 3 aromatic carbocycles. The summed E-state index contributed by atoms with van der Waals surface area (Å²) in [6.07, 6.45) is 1.49. The minimum Gasteiger partial charge on any atom is -0.497 e. The normalized spacial score (nSPS) is 18.3. The fourth-order valence-electron chi connectivity index (χ4n) is 4.81. The van der Waals surface area contributed by atoms with Crippen LogP contribution in [0.1, 0.15) is 34.6 Å². The lowest BCUT2D eigenvalue weighted by atomic mass is 9.83. The van der Waals surface area contributed by atoms with E-state index in [0.29, 0.717) is 25.2 Å². The summed E-state index contributed by atoms with van der Waals surface area (Å²) in [7, 11) is 1.65. The Hall–Kier alpha value is -2.89. The molecule has 6 heteroatoms. The number of ether oxygens (including phenoxy) is 1. The van der Waals surface area contributed by atoms with Gasteiger partial charge in [0.1, 0.15) is 11.6 Å². The van der Waals surface area contributed by atoms with E-state index in [0.717, 1.165) is 46.8 Å². The highest BCUT2D eigenvalue weighted by molar-refractivity contribution is 6.31. The Morgan fingerprint density at radius 3 is 2.60 bits per heavy atom. The number of amides is 1. The molecule has 2 atom stereocenters. The van der Waals surface area contributed by atoms with E-state index in [2.05, 4.69) is 10.2 Å². The molecule has 0 aliphatic carbocycles. The molecule has 4 rings (SSSR count). The summed E-state index contributed by atoms with van der Waals surface area (Å²) in [4.78, 5) is 15.5. The fourth-order valence-corrected chi connectivity index (χ4v) is 5.00. The second-order valence-corrected chi connectivity index (χ2v) is 9.72. The minimum absolute atomic E-state index is 0.0613. The van der Waals surface area contributed by atoms with E-state index in [4.69, 9.17) is 16.3 Å². The Labute approximate surface area is 212 Å². The molecular formula is C29H32ClFN2O2. The van der Waals surface area contributed by atoms with Gasteiger partial charge in [-0.1, -0.05) is 54.1 Å². The zero-order chi connectivity index (χ0) is 24.8. The number of hydrogen-bond acceptors (Lipinski definition) is 3. The first-order chi connectivity index (χ1) is 16.9. The Balaban J connectivity index is 1.44. The first-order valence-corrected chi connectivity index (χ1v) is 12.4. The number of piperidine rings is 1. The number of hydrogen-bond donors (Lipinski definition) is 1. The summed E-state index contributed by atoms with van der Waals surface area (Å²) >= 11 is 6.42. The van der Waals surface area contributed by atoms with Crippen LogP contribution in [0, 0.1) is 18.7 Å². The van der Waals surface area contributed by atoms with Crippen molar-refractivity contribution in [3.05, 3.63) is 99.8 Å². The summed E-state index contributed by atoms with van der Waals surface area (Å²) in [5.41, 5.74) is 3.90. The van der Waals surface area contributed by atoms with Gasteiger partial charge in [0.05, 0.1) is 13.0 Å². The highest BCUT2D eigenvalue weighted by atomic mass is 35.5. The van der Waals surface area contributed by atoms with Crippen LogP contribution in [0.5, 0.6) is 5.75 Å². The van der Waals surface area contributed by atoms with Crippen molar-refractivity contribution in [2.75, 3.05) is 26.7 Å². The zero-order valence-corrected chi connectivity index (χ0v) is 21.0. The molecule has 4 nitrogen and oxygen atoms in total. The van der Waals surface area contributed by atoms with Gasteiger partial charge in [-0.2, -0.15) is 0 Å². The average Bonchev–Trinajstić information content (AvgIpc) is 2.87. The summed E-state index contributed by atoms with van der Waals surface area (Å²) in [5.74, 6) is 0.664. The minimum atomic E-state index is -0.203. The summed E-state index contributed by atoms with van der Waals surface area (Å²) in [6, 6.07) is 21.0. The van der Waals surface area contributed by atoms with Crippen molar-refractivity contribution in [3.8, 4) is 5.75 Å². The predicted octanol–water partition coefficient (Wildman–Crippen LogP) is 5.76. The van der Waals surface area contributed by atoms with Crippen LogP contribution in [-0.4, -0.2) is 37.6 Å². The number of nitrogens with one attached hydrogen (secondary N) is 1. The third-order valence-electron chi connectivity index (χ3n) is 6.77. The maximum Gasteiger partial charge on any atom is 0.224 e. The number of aryl methyl sites for hydroxylation is 1. The summed E-state index contributed by atoms with van der Waals surface area (Å²) in [6.45, 7) is 4.49. The zero-order valence-electron chi connectivity index (χ0n) is 20.3. The smallest absolute Gasteiger partial charge is 0.224 e. The number of rotatable bonds is 8. The largest absolute Gasteiger partial charge is 0.497 e. The average molecular weight is 495 g/mol. The van der Waals surface area contributed by atoms with Gasteiger partial charge in [-0.3, -0.25) is 9.69 Å². The molecule has 0 radical (unpaired) electrons. The molecule has 1 N–H and O–H groups in total. The monoisotopic (exact) mass is 494 g/mol. The quantitative estimate of drug-likeness (QED) is 0.433. The van der Waals surface area contributed by atoms with Gasteiger partial charge in [0.25, 0.3) is 0 Å². The third-order valence-corrected chi connectivity index (χ3v) is 7.14. The number of methoxy groups -OCH3 is 1. The number of likely N-dealkylation sites (tertiary alicyclic amines) is 1. The third kappa shape index (κ3) is 6.62. The molecule has 0 aromatic heterocycles. The van der Waals surface area contributed by atoms with Crippen LogP contribution in [0.15, 0.2) is 66.7 Å². The Morgan fingerprint density at radius 1 is 1.11 bits per heavy atom. The number of benzene rings is 3. The maximum absolute atomic E-state index is 13.9. The van der Waals surface area contributed by atoms with Gasteiger partial charge in [-0.25, -0.2) is 4.39 Å². The summed E-state index contributed by atoms with van der Waals surface area (Å²) in [5, 5.41) is 3.86. The van der Waals surface area contributed by atoms with Gasteiger partial charge in [-0.05, 0) is 72.2 Å². The summed E-state index contributed by atoms with van der Waals surface area (Å²) < 4.78 is 19.1. The van der Waals surface area contributed by atoms with E-state index in [9.17, 15) is 9.18 Å². The van der Waals surface area contributed by atoms with Crippen LogP contribution in [0.25, 0.3) is 0 Å². The number of carbonyl (C=O) groups is 1. The molecule has 1 heterocycles. The van der Waals surface area contributed by atoms with Crippen LogP contribution in [0.3, 0.4) is 0 Å². The first-order valence-electron chi connectivity index (χ1n) is 12.1. The molecule has 1 fully saturated rings. The van der Waals surface area contributed by atoms with Crippen LogP contribution in [-0.2, 0) is 17.8 Å². The molecule has 35 heavy (non-hydrogen) atoms. The lowest BCUT2D eigenvalue weighted by molar-refractivity contribution is -0.127. The van der Waals surface area contributed by atoms with Gasteiger partial charge in [0, 0.05) is 31.2 Å². The molecule has 0 saturated carbocycles. The van der Waals surface area contributed by atoms with Crippen molar-refractivity contribution in [3.63, 3.8) is 0 Å². The van der Waals surface area contributed by atoms with E-state index in [1.54, 1.807) is 14.0 Å². The van der Waals surface area contributed by atoms with Crippen molar-refractivity contribution in [2.24, 2.45) is 5.92 Å². The predicted molar refractivity (Wildman–Crippen MR) is 138 cm³/mol. The first kappa shape index (κ1) is 25.2. The Bertz CT molecular complexity index is 1150. The molecule has 0 unspecified atom stereocenters. The second-order valence-electron chi connectivity index (χ2n) is 9.31. The van der Waals surface area contributed by atoms with Crippen molar-refractivity contribution in [1.82, 2.24) is 10.2 Å². The van der Waals surface area contributed by atoms with Crippen LogP contribution in [0.2, 0.25) is 5.02 Å².